The van der Waals surface area contributed by atoms with Crippen LogP contribution in [0.2, 0.25) is 0 Å². The van der Waals surface area contributed by atoms with Crippen molar-refractivity contribution in [3.8, 4) is 0 Å². The average molecular weight is 304 g/mol. The minimum atomic E-state index is -0.819. The van der Waals surface area contributed by atoms with Crippen LogP contribution in [-0.4, -0.2) is 23.4 Å². The molecule has 2 rings (SSSR count). The molecular weight excluding hydrogens is 292 g/mol. The van der Waals surface area contributed by atoms with Crippen LogP contribution in [0.5, 0.6) is 0 Å². The number of carbonyl (C=O) groups is 1. The van der Waals surface area contributed by atoms with Gasteiger partial charge in [0, 0.05) is 17.1 Å². The monoisotopic (exact) mass is 303 g/mol. The van der Waals surface area contributed by atoms with Crippen LogP contribution < -0.4 is 0 Å². The van der Waals surface area contributed by atoms with E-state index in [1.165, 1.54) is 4.90 Å². The van der Waals surface area contributed by atoms with Crippen LogP contribution in [-0.2, 0) is 0 Å². The fourth-order valence-corrected chi connectivity index (χ4v) is 2.25. The van der Waals surface area contributed by atoms with E-state index in [4.69, 9.17) is 0 Å². The Balaban J connectivity index is 2.35. The molecule has 5 heteroatoms. The van der Waals surface area contributed by atoms with Crippen LogP contribution >= 0.6 is 15.9 Å². The van der Waals surface area contributed by atoms with E-state index in [-0.39, 0.29) is 6.04 Å². The average Bonchev–Trinajstić information content (AvgIpc) is 3.01. The van der Waals surface area contributed by atoms with E-state index in [1.807, 2.05) is 6.92 Å². The molecule has 1 aliphatic rings. The molecule has 1 aromatic carbocycles. The summed E-state index contributed by atoms with van der Waals surface area (Å²) in [6, 6.07) is 2.36. The molecule has 1 saturated carbocycles. The van der Waals surface area contributed by atoms with Gasteiger partial charge in [-0.2, -0.15) is 0 Å². The second-order valence-corrected chi connectivity index (χ2v) is 4.98. The second-order valence-electron chi connectivity index (χ2n) is 4.07. The van der Waals surface area contributed by atoms with E-state index < -0.39 is 23.1 Å². The second kappa shape index (κ2) is 4.72. The lowest BCUT2D eigenvalue weighted by Crippen LogP contribution is -2.34. The molecule has 17 heavy (non-hydrogen) atoms. The number of halogens is 3. The molecule has 1 aliphatic carbocycles. The minimum Gasteiger partial charge on any atom is -0.336 e. The molecule has 0 unspecified atom stereocenters. The molecule has 1 amide bonds. The molecule has 1 aromatic rings. The van der Waals surface area contributed by atoms with Crippen molar-refractivity contribution in [2.75, 3.05) is 6.54 Å². The van der Waals surface area contributed by atoms with Crippen LogP contribution in [0.15, 0.2) is 16.6 Å². The number of hydrogen-bond donors (Lipinski definition) is 0. The number of carbonyl (C=O) groups excluding carboxylic acids is 1. The lowest BCUT2D eigenvalue weighted by atomic mass is 10.1. The zero-order valence-electron chi connectivity index (χ0n) is 9.34. The maximum Gasteiger partial charge on any atom is 0.260 e. The van der Waals surface area contributed by atoms with Crippen molar-refractivity contribution in [2.45, 2.75) is 25.8 Å². The van der Waals surface area contributed by atoms with E-state index in [9.17, 15) is 13.6 Å². The highest BCUT2D eigenvalue weighted by Crippen LogP contribution is 2.29. The maximum absolute atomic E-state index is 13.6. The van der Waals surface area contributed by atoms with Crippen LogP contribution in [0.1, 0.15) is 30.1 Å². The van der Waals surface area contributed by atoms with Gasteiger partial charge < -0.3 is 4.90 Å². The topological polar surface area (TPSA) is 20.3 Å². The van der Waals surface area contributed by atoms with Crippen molar-refractivity contribution < 1.29 is 13.6 Å². The highest BCUT2D eigenvalue weighted by Gasteiger charge is 2.34. The first-order valence-corrected chi connectivity index (χ1v) is 6.29. The predicted octanol–water partition coefficient (Wildman–Crippen LogP) is 3.35. The van der Waals surface area contributed by atoms with Crippen molar-refractivity contribution >= 4 is 21.8 Å². The van der Waals surface area contributed by atoms with Gasteiger partial charge in [0.05, 0.1) is 0 Å². The SMILES string of the molecule is CCN(C(=O)c1c(F)cc(Br)cc1F)C1CC1. The minimum absolute atomic E-state index is 0.148. The van der Waals surface area contributed by atoms with Gasteiger partial charge in [-0.3, -0.25) is 4.79 Å². The van der Waals surface area contributed by atoms with Gasteiger partial charge in [-0.15, -0.1) is 0 Å². The molecular formula is C12H12BrF2NO. The third-order valence-corrected chi connectivity index (χ3v) is 3.27. The van der Waals surface area contributed by atoms with Crippen LogP contribution in [0.3, 0.4) is 0 Å². The summed E-state index contributed by atoms with van der Waals surface area (Å²) in [5, 5.41) is 0. The fraction of sp³-hybridized carbons (Fsp3) is 0.417. The Kier molecular flexibility index (Phi) is 3.47. The number of benzene rings is 1. The molecule has 0 bridgehead atoms. The third kappa shape index (κ3) is 2.49. The highest BCUT2D eigenvalue weighted by atomic mass is 79.9. The van der Waals surface area contributed by atoms with E-state index in [0.29, 0.717) is 11.0 Å². The summed E-state index contributed by atoms with van der Waals surface area (Å²) in [5.41, 5.74) is -0.457. The van der Waals surface area contributed by atoms with Crippen LogP contribution in [0, 0.1) is 11.6 Å². The molecule has 0 heterocycles. The Hall–Kier alpha value is -0.970. The van der Waals surface area contributed by atoms with E-state index in [1.54, 1.807) is 0 Å². The molecule has 2 nitrogen and oxygen atoms in total. The highest BCUT2D eigenvalue weighted by molar-refractivity contribution is 9.10. The van der Waals surface area contributed by atoms with Gasteiger partial charge in [-0.1, -0.05) is 15.9 Å². The molecule has 0 N–H and O–H groups in total. The number of rotatable bonds is 3. The molecule has 0 saturated heterocycles. The molecule has 0 aromatic heterocycles. The van der Waals surface area contributed by atoms with E-state index in [2.05, 4.69) is 15.9 Å². The summed E-state index contributed by atoms with van der Waals surface area (Å²) < 4.78 is 27.5. The molecule has 0 atom stereocenters. The predicted molar refractivity (Wildman–Crippen MR) is 63.8 cm³/mol. The van der Waals surface area contributed by atoms with Gasteiger partial charge in [0.1, 0.15) is 17.2 Å². The summed E-state index contributed by atoms with van der Waals surface area (Å²) in [6.07, 6.45) is 1.83. The molecule has 0 aliphatic heterocycles. The van der Waals surface area contributed by atoms with Crippen molar-refractivity contribution in [1.82, 2.24) is 4.90 Å². The quantitative estimate of drug-likeness (QED) is 0.838. The smallest absolute Gasteiger partial charge is 0.260 e. The van der Waals surface area contributed by atoms with Crippen LogP contribution in [0.25, 0.3) is 0 Å². The van der Waals surface area contributed by atoms with Gasteiger partial charge in [0.25, 0.3) is 5.91 Å². The summed E-state index contributed by atoms with van der Waals surface area (Å²) in [4.78, 5) is 13.6. The Morgan fingerprint density at radius 1 is 1.41 bits per heavy atom. The standard InChI is InChI=1S/C12H12BrF2NO/c1-2-16(8-3-4-8)12(17)11-9(14)5-7(13)6-10(11)15/h5-6,8H,2-4H2,1H3. The number of nitrogens with zero attached hydrogens (tertiary/aromatic N) is 1. The lowest BCUT2D eigenvalue weighted by Gasteiger charge is -2.20. The first-order valence-electron chi connectivity index (χ1n) is 5.50. The summed E-state index contributed by atoms with van der Waals surface area (Å²) in [5.74, 6) is -2.19. The van der Waals surface area contributed by atoms with Gasteiger partial charge in [0.2, 0.25) is 0 Å². The molecule has 0 spiro atoms. The molecule has 1 fully saturated rings. The largest absolute Gasteiger partial charge is 0.336 e. The van der Waals surface area contributed by atoms with Gasteiger partial charge in [-0.05, 0) is 31.9 Å². The fourth-order valence-electron chi connectivity index (χ4n) is 1.84. The van der Waals surface area contributed by atoms with Gasteiger partial charge in [-0.25, -0.2) is 8.78 Å². The third-order valence-electron chi connectivity index (χ3n) is 2.81. The first-order chi connectivity index (χ1) is 8.04. The van der Waals surface area contributed by atoms with Crippen molar-refractivity contribution in [1.29, 1.82) is 0 Å². The Labute approximate surface area is 107 Å². The van der Waals surface area contributed by atoms with Gasteiger partial charge >= 0.3 is 0 Å². The molecule has 0 radical (unpaired) electrons. The normalized spacial score (nSPS) is 14.8. The first kappa shape index (κ1) is 12.5. The Bertz CT molecular complexity index is 437. The van der Waals surface area contributed by atoms with Crippen molar-refractivity contribution in [3.63, 3.8) is 0 Å². The van der Waals surface area contributed by atoms with E-state index >= 15 is 0 Å². The van der Waals surface area contributed by atoms with Crippen LogP contribution in [0.4, 0.5) is 8.78 Å². The van der Waals surface area contributed by atoms with E-state index in [0.717, 1.165) is 25.0 Å². The summed E-state index contributed by atoms with van der Waals surface area (Å²) in [7, 11) is 0. The zero-order valence-corrected chi connectivity index (χ0v) is 10.9. The Morgan fingerprint density at radius 2 is 1.94 bits per heavy atom. The Morgan fingerprint density at radius 3 is 2.35 bits per heavy atom. The lowest BCUT2D eigenvalue weighted by molar-refractivity contribution is 0.0742. The summed E-state index contributed by atoms with van der Waals surface area (Å²) in [6.45, 7) is 2.28. The number of amides is 1. The number of hydrogen-bond acceptors (Lipinski definition) is 1. The van der Waals surface area contributed by atoms with Crippen molar-refractivity contribution in [2.24, 2.45) is 0 Å². The summed E-state index contributed by atoms with van der Waals surface area (Å²) >= 11 is 2.99. The maximum atomic E-state index is 13.6. The molecule has 92 valence electrons. The van der Waals surface area contributed by atoms with Gasteiger partial charge in [0.15, 0.2) is 0 Å². The van der Waals surface area contributed by atoms with Crippen molar-refractivity contribution in [3.05, 3.63) is 33.8 Å². The zero-order chi connectivity index (χ0) is 12.6.